The van der Waals surface area contributed by atoms with Crippen molar-refractivity contribution < 1.29 is 21.9 Å². The van der Waals surface area contributed by atoms with E-state index in [1.54, 1.807) is 12.2 Å². The topological polar surface area (TPSA) is 18.5 Å². The number of hydrogen-bond acceptors (Lipinski definition) is 2. The minimum absolute atomic E-state index is 0.324. The van der Waals surface area contributed by atoms with Crippen molar-refractivity contribution in [3.63, 3.8) is 0 Å². The van der Waals surface area contributed by atoms with E-state index in [0.717, 1.165) is 0 Å². The molecule has 5 heteroatoms. The van der Waals surface area contributed by atoms with Gasteiger partial charge in [-0.1, -0.05) is 0 Å². The third-order valence-corrected chi connectivity index (χ3v) is 4.11. The van der Waals surface area contributed by atoms with Gasteiger partial charge < -0.3 is 0 Å². The Kier molecular flexibility index (Phi) is 6.63. The van der Waals surface area contributed by atoms with Crippen molar-refractivity contribution in [1.29, 1.82) is 0 Å². The molecule has 0 aromatic heterocycles. The average Bonchev–Trinajstić information content (AvgIpc) is 1.97. The molecule has 0 bridgehead atoms. The van der Waals surface area contributed by atoms with Crippen LogP contribution >= 0.6 is 18.6 Å². The summed E-state index contributed by atoms with van der Waals surface area (Å²) in [5, 5.41) is 0. The zero-order chi connectivity index (χ0) is 8.74. The number of rotatable bonds is 6. The van der Waals surface area contributed by atoms with Crippen molar-refractivity contribution in [2.45, 2.75) is 0 Å². The molecule has 0 atom stereocenters. The van der Waals surface area contributed by atoms with Gasteiger partial charge in [0.15, 0.2) is 0 Å². The summed E-state index contributed by atoms with van der Waals surface area (Å²) < 4.78 is 10.0. The van der Waals surface area contributed by atoms with E-state index in [1.165, 1.54) is 0 Å². The van der Waals surface area contributed by atoms with Crippen LogP contribution in [0.2, 0.25) is 0 Å². The van der Waals surface area contributed by atoms with Crippen LogP contribution in [0.3, 0.4) is 0 Å². The van der Waals surface area contributed by atoms with Gasteiger partial charge in [0.1, 0.15) is 0 Å². The summed E-state index contributed by atoms with van der Waals surface area (Å²) in [6.07, 6.45) is 3.14. The van der Waals surface area contributed by atoms with Crippen LogP contribution in [-0.2, 0) is 21.9 Å². The zero-order valence-electron chi connectivity index (χ0n) is 6.06. The van der Waals surface area contributed by atoms with E-state index < -0.39 is 15.2 Å². The maximum atomic E-state index is 5.71. The molecule has 0 aliphatic rings. The van der Waals surface area contributed by atoms with Gasteiger partial charge in [-0.2, -0.15) is 0 Å². The molecule has 0 N–H and O–H groups in total. The van der Waals surface area contributed by atoms with Crippen LogP contribution in [0.4, 0.5) is 0 Å². The van der Waals surface area contributed by atoms with E-state index in [2.05, 4.69) is 13.2 Å². The van der Waals surface area contributed by atoms with Crippen LogP contribution in [0.15, 0.2) is 25.3 Å². The molecule has 11 heavy (non-hydrogen) atoms. The molecular formula is C6H10Cl2O2Ti. The van der Waals surface area contributed by atoms with Crippen molar-refractivity contribution in [1.82, 2.24) is 0 Å². The van der Waals surface area contributed by atoms with Crippen LogP contribution in [-0.4, -0.2) is 13.2 Å². The first kappa shape index (κ1) is 11.7. The summed E-state index contributed by atoms with van der Waals surface area (Å²) >= 11 is -3.42. The van der Waals surface area contributed by atoms with E-state index >= 15 is 0 Å². The molecule has 0 aliphatic carbocycles. The molecule has 2 nitrogen and oxygen atoms in total. The third-order valence-electron chi connectivity index (χ3n) is 0.738. The quantitative estimate of drug-likeness (QED) is 0.518. The SMILES string of the molecule is C=CC[O][Ti]([Cl])([Cl])[O]CC=C. The zero-order valence-corrected chi connectivity index (χ0v) is 9.13. The van der Waals surface area contributed by atoms with E-state index in [9.17, 15) is 0 Å². The van der Waals surface area contributed by atoms with Gasteiger partial charge in [0.25, 0.3) is 0 Å². The summed E-state index contributed by atoms with van der Waals surface area (Å²) in [5.41, 5.74) is 0. The fourth-order valence-electron chi connectivity index (χ4n) is 0.354. The molecule has 0 amide bonds. The molecule has 0 saturated carbocycles. The van der Waals surface area contributed by atoms with Gasteiger partial charge in [0.2, 0.25) is 0 Å². The second kappa shape index (κ2) is 6.24. The summed E-state index contributed by atoms with van der Waals surface area (Å²) in [7, 11) is 11.4. The van der Waals surface area contributed by atoms with Crippen LogP contribution in [0.1, 0.15) is 0 Å². The standard InChI is InChI=1S/2C3H5O.2ClH.Ti/c2*1-2-3-4;;;/h2*2H,1,3H2;2*1H;/q2*-1;;;+4/p-2. The Balaban J connectivity index is 3.59. The van der Waals surface area contributed by atoms with Gasteiger partial charge in [-0.3, -0.25) is 0 Å². The van der Waals surface area contributed by atoms with Crippen molar-refractivity contribution in [2.24, 2.45) is 0 Å². The van der Waals surface area contributed by atoms with E-state index in [1.807, 2.05) is 0 Å². The summed E-state index contributed by atoms with van der Waals surface area (Å²) in [5.74, 6) is 0. The first-order valence-corrected chi connectivity index (χ1v) is 8.57. The number of hydrogen-bond donors (Lipinski definition) is 0. The van der Waals surface area contributed by atoms with Crippen molar-refractivity contribution in [3.05, 3.63) is 25.3 Å². The molecule has 64 valence electrons. The minimum atomic E-state index is -3.42. The molecule has 0 rings (SSSR count). The molecule has 0 saturated heterocycles. The Bertz CT molecular complexity index is 125. The van der Waals surface area contributed by atoms with Crippen molar-refractivity contribution in [2.75, 3.05) is 13.2 Å². The Morgan fingerprint density at radius 1 is 1.09 bits per heavy atom. The summed E-state index contributed by atoms with van der Waals surface area (Å²) in [6.45, 7) is 7.56. The molecule has 0 fully saturated rings. The Morgan fingerprint density at radius 2 is 1.45 bits per heavy atom. The molecule has 0 spiro atoms. The van der Waals surface area contributed by atoms with E-state index in [-0.39, 0.29) is 0 Å². The van der Waals surface area contributed by atoms with Gasteiger partial charge >= 0.3 is 79.0 Å². The van der Waals surface area contributed by atoms with E-state index in [4.69, 9.17) is 25.2 Å². The molecule has 0 aromatic rings. The predicted octanol–water partition coefficient (Wildman–Crippen LogP) is 2.68. The monoisotopic (exact) mass is 232 g/mol. The first-order chi connectivity index (χ1) is 5.12. The summed E-state index contributed by atoms with van der Waals surface area (Å²) in [6, 6.07) is 0. The molecule has 0 radical (unpaired) electrons. The Labute approximate surface area is 78.8 Å². The predicted molar refractivity (Wildman–Crippen MR) is 44.0 cm³/mol. The van der Waals surface area contributed by atoms with Gasteiger partial charge in [0.05, 0.1) is 0 Å². The van der Waals surface area contributed by atoms with Gasteiger partial charge in [0, 0.05) is 0 Å². The van der Waals surface area contributed by atoms with E-state index in [0.29, 0.717) is 13.2 Å². The number of halogens is 2. The molecule has 0 aromatic carbocycles. The fraction of sp³-hybridized carbons (Fsp3) is 0.333. The van der Waals surface area contributed by atoms with Crippen LogP contribution in [0, 0.1) is 0 Å². The van der Waals surface area contributed by atoms with Crippen LogP contribution in [0.5, 0.6) is 0 Å². The van der Waals surface area contributed by atoms with Gasteiger partial charge in [-0.15, -0.1) is 0 Å². The molecular weight excluding hydrogens is 223 g/mol. The second-order valence-electron chi connectivity index (χ2n) is 1.66. The first-order valence-electron chi connectivity index (χ1n) is 3.00. The molecule has 0 heterocycles. The van der Waals surface area contributed by atoms with Crippen molar-refractivity contribution >= 4 is 18.6 Å². The van der Waals surface area contributed by atoms with Crippen molar-refractivity contribution in [3.8, 4) is 0 Å². The van der Waals surface area contributed by atoms with Crippen LogP contribution in [0.25, 0.3) is 0 Å². The average molecular weight is 233 g/mol. The Morgan fingerprint density at radius 3 is 1.73 bits per heavy atom. The second-order valence-corrected chi connectivity index (χ2v) is 8.91. The normalized spacial score (nSPS) is 11.1. The fourth-order valence-corrected chi connectivity index (χ4v) is 2.50. The van der Waals surface area contributed by atoms with Gasteiger partial charge in [-0.05, 0) is 0 Å². The third kappa shape index (κ3) is 7.07. The van der Waals surface area contributed by atoms with Gasteiger partial charge in [-0.25, -0.2) is 0 Å². The van der Waals surface area contributed by atoms with Crippen LogP contribution < -0.4 is 0 Å². The Hall–Kier alpha value is 0.694. The summed E-state index contributed by atoms with van der Waals surface area (Å²) in [4.78, 5) is 0. The molecule has 0 aliphatic heterocycles. The molecule has 0 unspecified atom stereocenters. The maximum absolute atomic E-state index is 5.71.